The topological polar surface area (TPSA) is 37.3 Å². The average Bonchev–Trinajstić information content (AvgIpc) is 2.49. The summed E-state index contributed by atoms with van der Waals surface area (Å²) in [5.41, 5.74) is 0. The molecule has 0 saturated carbocycles. The van der Waals surface area contributed by atoms with E-state index in [0.29, 0.717) is 12.8 Å². The fourth-order valence-electron chi connectivity index (χ4n) is 2.64. The minimum absolute atomic E-state index is 0.0876. The first kappa shape index (κ1) is 20.6. The van der Waals surface area contributed by atoms with Crippen molar-refractivity contribution in [3.8, 4) is 0 Å². The maximum absolute atomic E-state index is 11.3. The quantitative estimate of drug-likeness (QED) is 0.354. The SMILES string of the molecule is CCCCCCCCCCCCCCCC(=O)[CH]CCO. The van der Waals surface area contributed by atoms with Gasteiger partial charge in [-0.1, -0.05) is 84.0 Å². The molecule has 2 heteroatoms. The molecular formula is C19H37O2. The van der Waals surface area contributed by atoms with Gasteiger partial charge in [-0.15, -0.1) is 0 Å². The Balaban J connectivity index is 3.04. The fraction of sp³-hybridized carbons (Fsp3) is 0.895. The molecule has 1 radical (unpaired) electrons. The van der Waals surface area contributed by atoms with Crippen molar-refractivity contribution in [3.05, 3.63) is 6.42 Å². The lowest BCUT2D eigenvalue weighted by molar-refractivity contribution is -0.116. The zero-order valence-corrected chi connectivity index (χ0v) is 14.2. The van der Waals surface area contributed by atoms with Gasteiger partial charge in [0.1, 0.15) is 5.78 Å². The molecule has 0 aromatic carbocycles. The van der Waals surface area contributed by atoms with Crippen molar-refractivity contribution in [1.82, 2.24) is 0 Å². The highest BCUT2D eigenvalue weighted by molar-refractivity contribution is 5.86. The Labute approximate surface area is 132 Å². The van der Waals surface area contributed by atoms with Crippen LogP contribution in [0.2, 0.25) is 0 Å². The molecule has 0 atom stereocenters. The van der Waals surface area contributed by atoms with Gasteiger partial charge >= 0.3 is 0 Å². The summed E-state index contributed by atoms with van der Waals surface area (Å²) in [5, 5.41) is 8.62. The van der Waals surface area contributed by atoms with Gasteiger partial charge in [0.05, 0.1) is 0 Å². The van der Waals surface area contributed by atoms with E-state index in [9.17, 15) is 4.79 Å². The Morgan fingerprint density at radius 3 is 1.62 bits per heavy atom. The molecule has 0 bridgehead atoms. The molecule has 2 nitrogen and oxygen atoms in total. The fourth-order valence-corrected chi connectivity index (χ4v) is 2.64. The molecule has 0 spiro atoms. The number of Topliss-reactive ketones (excluding diaryl/α,β-unsaturated/α-hetero) is 1. The molecule has 21 heavy (non-hydrogen) atoms. The van der Waals surface area contributed by atoms with Gasteiger partial charge in [-0.3, -0.25) is 4.79 Å². The molecule has 0 aromatic heterocycles. The summed E-state index contributed by atoms with van der Waals surface area (Å²) in [7, 11) is 0. The van der Waals surface area contributed by atoms with Crippen LogP contribution in [0.5, 0.6) is 0 Å². The number of hydrogen-bond acceptors (Lipinski definition) is 2. The number of ketones is 1. The van der Waals surface area contributed by atoms with Crippen molar-refractivity contribution in [2.45, 2.75) is 103 Å². The predicted molar refractivity (Wildman–Crippen MR) is 91.3 cm³/mol. The molecule has 0 aliphatic heterocycles. The Morgan fingerprint density at radius 1 is 0.762 bits per heavy atom. The molecule has 125 valence electrons. The van der Waals surface area contributed by atoms with Crippen molar-refractivity contribution in [2.24, 2.45) is 0 Å². The lowest BCUT2D eigenvalue weighted by Crippen LogP contribution is -2.00. The number of hydrogen-bond donors (Lipinski definition) is 1. The number of unbranched alkanes of at least 4 members (excludes halogenated alkanes) is 12. The third-order valence-electron chi connectivity index (χ3n) is 4.03. The monoisotopic (exact) mass is 297 g/mol. The molecule has 0 amide bonds. The second-order valence-corrected chi connectivity index (χ2v) is 6.18. The van der Waals surface area contributed by atoms with Gasteiger partial charge in [0.25, 0.3) is 0 Å². The van der Waals surface area contributed by atoms with Crippen molar-refractivity contribution in [1.29, 1.82) is 0 Å². The van der Waals surface area contributed by atoms with Crippen molar-refractivity contribution < 1.29 is 9.90 Å². The molecule has 0 heterocycles. The van der Waals surface area contributed by atoms with Crippen molar-refractivity contribution in [2.75, 3.05) is 6.61 Å². The normalized spacial score (nSPS) is 11.0. The van der Waals surface area contributed by atoms with Crippen LogP contribution >= 0.6 is 0 Å². The van der Waals surface area contributed by atoms with Crippen LogP contribution in [0.4, 0.5) is 0 Å². The van der Waals surface area contributed by atoms with E-state index in [2.05, 4.69) is 6.92 Å². The van der Waals surface area contributed by atoms with E-state index in [-0.39, 0.29) is 12.4 Å². The number of aliphatic hydroxyl groups excluding tert-OH is 1. The minimum atomic E-state index is 0.0876. The Hall–Kier alpha value is -0.370. The first-order chi connectivity index (χ1) is 10.3. The highest BCUT2D eigenvalue weighted by Crippen LogP contribution is 2.13. The number of rotatable bonds is 17. The molecule has 0 aromatic rings. The van der Waals surface area contributed by atoms with E-state index >= 15 is 0 Å². The van der Waals surface area contributed by atoms with Crippen molar-refractivity contribution in [3.63, 3.8) is 0 Å². The Kier molecular flexibility index (Phi) is 17.4. The van der Waals surface area contributed by atoms with Crippen LogP contribution in [0.3, 0.4) is 0 Å². The second kappa shape index (κ2) is 17.7. The summed E-state index contributed by atoms with van der Waals surface area (Å²) in [5.74, 6) is 0.201. The zero-order valence-electron chi connectivity index (χ0n) is 14.2. The van der Waals surface area contributed by atoms with Gasteiger partial charge in [-0.25, -0.2) is 0 Å². The van der Waals surface area contributed by atoms with E-state index in [1.807, 2.05) is 0 Å². The maximum atomic E-state index is 11.3. The lowest BCUT2D eigenvalue weighted by atomic mass is 10.0. The van der Waals surface area contributed by atoms with E-state index in [0.717, 1.165) is 6.42 Å². The number of carbonyl (C=O) groups excluding carboxylic acids is 1. The summed E-state index contributed by atoms with van der Waals surface area (Å²) >= 11 is 0. The van der Waals surface area contributed by atoms with Gasteiger partial charge in [0, 0.05) is 19.4 Å². The van der Waals surface area contributed by atoms with Gasteiger partial charge in [0.15, 0.2) is 0 Å². The van der Waals surface area contributed by atoms with Crippen LogP contribution in [0.1, 0.15) is 103 Å². The summed E-state index contributed by atoms with van der Waals surface area (Å²) in [4.78, 5) is 11.3. The first-order valence-electron chi connectivity index (χ1n) is 9.28. The Bertz CT molecular complexity index is 214. The van der Waals surface area contributed by atoms with E-state index in [4.69, 9.17) is 5.11 Å². The van der Waals surface area contributed by atoms with Crippen LogP contribution in [0.15, 0.2) is 0 Å². The summed E-state index contributed by atoms with van der Waals surface area (Å²) < 4.78 is 0. The van der Waals surface area contributed by atoms with E-state index in [1.165, 1.54) is 77.0 Å². The van der Waals surface area contributed by atoms with Crippen LogP contribution in [0, 0.1) is 6.42 Å². The highest BCUT2D eigenvalue weighted by Gasteiger charge is 2.01. The summed E-state index contributed by atoms with van der Waals surface area (Å²) in [6, 6.07) is 0. The molecule has 0 unspecified atom stereocenters. The average molecular weight is 298 g/mol. The van der Waals surface area contributed by atoms with Crippen LogP contribution in [0.25, 0.3) is 0 Å². The third kappa shape index (κ3) is 17.6. The van der Waals surface area contributed by atoms with Gasteiger partial charge in [-0.2, -0.15) is 0 Å². The molecular weight excluding hydrogens is 260 g/mol. The van der Waals surface area contributed by atoms with Gasteiger partial charge in [-0.05, 0) is 12.8 Å². The molecule has 0 fully saturated rings. The summed E-state index contributed by atoms with van der Waals surface area (Å²) in [6.45, 7) is 2.35. The van der Waals surface area contributed by atoms with Crippen LogP contribution in [-0.2, 0) is 4.79 Å². The lowest BCUT2D eigenvalue weighted by Gasteiger charge is -2.03. The molecule has 0 aliphatic carbocycles. The third-order valence-corrected chi connectivity index (χ3v) is 4.03. The standard InChI is InChI=1S/C19H37O2/c1-2-3-4-5-6-7-8-9-10-11-12-13-14-16-19(21)17-15-18-20/h17,20H,2-16,18H2,1H3. The van der Waals surface area contributed by atoms with E-state index in [1.54, 1.807) is 6.42 Å². The van der Waals surface area contributed by atoms with Gasteiger partial charge in [0.2, 0.25) is 0 Å². The Morgan fingerprint density at radius 2 is 1.19 bits per heavy atom. The molecule has 0 rings (SSSR count). The second-order valence-electron chi connectivity index (χ2n) is 6.18. The minimum Gasteiger partial charge on any atom is -0.396 e. The number of aliphatic hydroxyl groups is 1. The molecule has 1 N–H and O–H groups in total. The predicted octanol–water partition coefficient (Wildman–Crippen LogP) is 5.62. The molecule has 0 aliphatic rings. The van der Waals surface area contributed by atoms with Crippen LogP contribution in [-0.4, -0.2) is 17.5 Å². The smallest absolute Gasteiger partial charge is 0.136 e. The highest BCUT2D eigenvalue weighted by atomic mass is 16.3. The number of carbonyl (C=O) groups is 1. The maximum Gasteiger partial charge on any atom is 0.136 e. The van der Waals surface area contributed by atoms with Crippen molar-refractivity contribution >= 4 is 5.78 Å². The van der Waals surface area contributed by atoms with Crippen LogP contribution < -0.4 is 0 Å². The molecule has 0 saturated heterocycles. The largest absolute Gasteiger partial charge is 0.396 e. The van der Waals surface area contributed by atoms with E-state index < -0.39 is 0 Å². The summed E-state index contributed by atoms with van der Waals surface area (Å²) in [6.07, 6.45) is 20.2. The zero-order chi connectivity index (χ0) is 15.6. The first-order valence-corrected chi connectivity index (χ1v) is 9.28. The van der Waals surface area contributed by atoms with Gasteiger partial charge < -0.3 is 5.11 Å².